The summed E-state index contributed by atoms with van der Waals surface area (Å²) in [4.78, 5) is 11.7. The fourth-order valence-electron chi connectivity index (χ4n) is 2.57. The van der Waals surface area contributed by atoms with Gasteiger partial charge in [0.2, 0.25) is 0 Å². The lowest BCUT2D eigenvalue weighted by molar-refractivity contribution is -0.151. The van der Waals surface area contributed by atoms with Gasteiger partial charge in [-0.3, -0.25) is 4.79 Å². The topological polar surface area (TPSA) is 55.8 Å². The number of rotatable bonds is 5. The average Bonchev–Trinajstić information content (AvgIpc) is 2.47. The van der Waals surface area contributed by atoms with Crippen LogP contribution >= 0.6 is 15.9 Å². The normalized spacial score (nSPS) is 25.4. The van der Waals surface area contributed by atoms with Gasteiger partial charge in [0.25, 0.3) is 0 Å². The van der Waals surface area contributed by atoms with E-state index >= 15 is 0 Å². The van der Waals surface area contributed by atoms with Crippen LogP contribution in [-0.2, 0) is 9.53 Å². The van der Waals surface area contributed by atoms with Crippen LogP contribution in [0.1, 0.15) is 32.6 Å². The lowest BCUT2D eigenvalue weighted by Crippen LogP contribution is -2.41. The Balaban J connectivity index is 1.85. The summed E-state index contributed by atoms with van der Waals surface area (Å²) < 4.78 is 11.6. The summed E-state index contributed by atoms with van der Waals surface area (Å²) >= 11 is 3.42. The van der Waals surface area contributed by atoms with Gasteiger partial charge in [0, 0.05) is 0 Å². The van der Waals surface area contributed by atoms with Gasteiger partial charge in [-0.25, -0.2) is 0 Å². The molecule has 0 aliphatic heterocycles. The highest BCUT2D eigenvalue weighted by Crippen LogP contribution is 2.34. The second-order valence-corrected chi connectivity index (χ2v) is 6.32. The number of benzene rings is 1. The van der Waals surface area contributed by atoms with Gasteiger partial charge < -0.3 is 14.6 Å². The van der Waals surface area contributed by atoms with Crippen molar-refractivity contribution >= 4 is 21.9 Å². The molecule has 0 bridgehead atoms. The van der Waals surface area contributed by atoms with E-state index in [9.17, 15) is 9.90 Å². The second kappa shape index (κ2) is 7.27. The maximum atomic E-state index is 11.7. The van der Waals surface area contributed by atoms with Crippen molar-refractivity contribution in [3.63, 3.8) is 0 Å². The van der Waals surface area contributed by atoms with E-state index in [0.717, 1.165) is 10.2 Å². The summed E-state index contributed by atoms with van der Waals surface area (Å²) in [6, 6.07) is 7.56. The van der Waals surface area contributed by atoms with Crippen LogP contribution < -0.4 is 4.74 Å². The van der Waals surface area contributed by atoms with Crippen molar-refractivity contribution in [3.05, 3.63) is 28.7 Å². The first-order chi connectivity index (χ1) is 10.0. The van der Waals surface area contributed by atoms with Crippen LogP contribution in [0.15, 0.2) is 28.7 Å². The lowest BCUT2D eigenvalue weighted by Gasteiger charge is -2.34. The van der Waals surface area contributed by atoms with Crippen LogP contribution in [0.2, 0.25) is 0 Å². The van der Waals surface area contributed by atoms with E-state index in [0.29, 0.717) is 32.3 Å². The molecule has 1 aliphatic carbocycles. The summed E-state index contributed by atoms with van der Waals surface area (Å²) in [5, 5.41) is 10.6. The Morgan fingerprint density at radius 2 is 2.05 bits per heavy atom. The number of hydrogen-bond donors (Lipinski definition) is 1. The summed E-state index contributed by atoms with van der Waals surface area (Å²) in [5.74, 6) is 0.485. The first-order valence-electron chi connectivity index (χ1n) is 7.30. The minimum Gasteiger partial charge on any atom is -0.489 e. The van der Waals surface area contributed by atoms with E-state index in [1.54, 1.807) is 0 Å². The van der Waals surface area contributed by atoms with Crippen molar-refractivity contribution in [1.82, 2.24) is 0 Å². The average molecular weight is 357 g/mol. The van der Waals surface area contributed by atoms with E-state index in [4.69, 9.17) is 9.47 Å². The monoisotopic (exact) mass is 356 g/mol. The smallest absolute Gasteiger partial charge is 0.308 e. The zero-order valence-electron chi connectivity index (χ0n) is 12.2. The molecule has 0 unspecified atom stereocenters. The molecule has 4 nitrogen and oxygen atoms in total. The maximum Gasteiger partial charge on any atom is 0.308 e. The third kappa shape index (κ3) is 4.45. The highest BCUT2D eigenvalue weighted by molar-refractivity contribution is 9.10. The van der Waals surface area contributed by atoms with Crippen LogP contribution in [0, 0.1) is 5.92 Å². The Morgan fingerprint density at radius 1 is 1.38 bits per heavy atom. The fraction of sp³-hybridized carbons (Fsp3) is 0.562. The standard InChI is InChI=1S/C16H21BrO4/c1-2-20-15(18)12-7-9-16(19,10-8-12)11-21-14-6-4-3-5-13(14)17/h3-6,12,19H,2,7-11H2,1H3. The Bertz CT molecular complexity index is 481. The quantitative estimate of drug-likeness (QED) is 0.822. The SMILES string of the molecule is CCOC(=O)C1CCC(O)(COc2ccccc2Br)CC1. The van der Waals surface area contributed by atoms with Crippen molar-refractivity contribution in [1.29, 1.82) is 0 Å². The zero-order valence-corrected chi connectivity index (χ0v) is 13.8. The molecule has 5 heteroatoms. The lowest BCUT2D eigenvalue weighted by atomic mass is 9.79. The largest absolute Gasteiger partial charge is 0.489 e. The van der Waals surface area contributed by atoms with Gasteiger partial charge in [0.1, 0.15) is 12.4 Å². The van der Waals surface area contributed by atoms with Crippen LogP contribution in [0.3, 0.4) is 0 Å². The van der Waals surface area contributed by atoms with E-state index < -0.39 is 5.60 Å². The van der Waals surface area contributed by atoms with Crippen molar-refractivity contribution in [3.8, 4) is 5.75 Å². The molecule has 0 radical (unpaired) electrons. The zero-order chi connectivity index (χ0) is 15.3. The van der Waals surface area contributed by atoms with Crippen LogP contribution in [0.4, 0.5) is 0 Å². The number of ether oxygens (including phenoxy) is 2. The van der Waals surface area contributed by atoms with Crippen molar-refractivity contribution in [2.75, 3.05) is 13.2 Å². The molecule has 2 rings (SSSR count). The molecule has 1 aliphatic rings. The molecule has 0 heterocycles. The predicted molar refractivity (Wildman–Crippen MR) is 83.2 cm³/mol. The molecule has 1 N–H and O–H groups in total. The molecule has 0 atom stereocenters. The van der Waals surface area contributed by atoms with Crippen LogP contribution in [0.5, 0.6) is 5.75 Å². The number of aliphatic hydroxyl groups is 1. The first-order valence-corrected chi connectivity index (χ1v) is 8.10. The Labute approximate surface area is 133 Å². The molecule has 0 saturated heterocycles. The number of hydrogen-bond acceptors (Lipinski definition) is 4. The third-order valence-electron chi connectivity index (χ3n) is 3.87. The molecule has 1 aromatic rings. The van der Waals surface area contributed by atoms with E-state index in [2.05, 4.69) is 15.9 Å². The number of para-hydroxylation sites is 1. The van der Waals surface area contributed by atoms with Gasteiger partial charge in [0.15, 0.2) is 0 Å². The molecule has 1 fully saturated rings. The van der Waals surface area contributed by atoms with E-state index in [1.165, 1.54) is 0 Å². The van der Waals surface area contributed by atoms with E-state index in [-0.39, 0.29) is 18.5 Å². The van der Waals surface area contributed by atoms with Gasteiger partial charge in [-0.05, 0) is 60.7 Å². The van der Waals surface area contributed by atoms with Crippen molar-refractivity contribution < 1.29 is 19.4 Å². The second-order valence-electron chi connectivity index (χ2n) is 5.47. The number of halogens is 1. The van der Waals surface area contributed by atoms with Gasteiger partial charge in [-0.1, -0.05) is 12.1 Å². The molecule has 0 aromatic heterocycles. The molecular weight excluding hydrogens is 336 g/mol. The molecule has 21 heavy (non-hydrogen) atoms. The predicted octanol–water partition coefficient (Wildman–Crippen LogP) is 3.31. The van der Waals surface area contributed by atoms with E-state index in [1.807, 2.05) is 31.2 Å². The summed E-state index contributed by atoms with van der Waals surface area (Å²) in [6.07, 6.45) is 2.41. The van der Waals surface area contributed by atoms with Gasteiger partial charge in [0.05, 0.1) is 22.6 Å². The molecule has 0 spiro atoms. The number of carbonyl (C=O) groups is 1. The highest BCUT2D eigenvalue weighted by atomic mass is 79.9. The Kier molecular flexibility index (Phi) is 5.65. The summed E-state index contributed by atoms with van der Waals surface area (Å²) in [7, 11) is 0. The minimum absolute atomic E-state index is 0.0892. The molecule has 1 saturated carbocycles. The van der Waals surface area contributed by atoms with Gasteiger partial charge in [-0.2, -0.15) is 0 Å². The summed E-state index contributed by atoms with van der Waals surface area (Å²) in [5.41, 5.74) is -0.863. The van der Waals surface area contributed by atoms with Gasteiger partial charge >= 0.3 is 5.97 Å². The maximum absolute atomic E-state index is 11.7. The number of esters is 1. The molecule has 116 valence electrons. The molecule has 1 aromatic carbocycles. The summed E-state index contributed by atoms with van der Waals surface area (Å²) in [6.45, 7) is 2.46. The third-order valence-corrected chi connectivity index (χ3v) is 4.52. The van der Waals surface area contributed by atoms with Gasteiger partial charge in [-0.15, -0.1) is 0 Å². The van der Waals surface area contributed by atoms with Crippen LogP contribution in [0.25, 0.3) is 0 Å². The minimum atomic E-state index is -0.863. The molecular formula is C16H21BrO4. The fourth-order valence-corrected chi connectivity index (χ4v) is 2.97. The van der Waals surface area contributed by atoms with Crippen molar-refractivity contribution in [2.24, 2.45) is 5.92 Å². The first kappa shape index (κ1) is 16.3. The Hall–Kier alpha value is -1.07. The number of carbonyl (C=O) groups excluding carboxylic acids is 1. The molecule has 0 amide bonds. The van der Waals surface area contributed by atoms with Crippen molar-refractivity contribution in [2.45, 2.75) is 38.2 Å². The van der Waals surface area contributed by atoms with Crippen LogP contribution in [-0.4, -0.2) is 29.9 Å². The Morgan fingerprint density at radius 3 is 2.67 bits per heavy atom. The highest BCUT2D eigenvalue weighted by Gasteiger charge is 2.37.